The molecule has 0 unspecified atom stereocenters. The van der Waals surface area contributed by atoms with Crippen molar-refractivity contribution in [3.8, 4) is 39.4 Å². The minimum absolute atomic E-state index is 0.673. The van der Waals surface area contributed by atoms with Gasteiger partial charge in [0.25, 0.3) is 0 Å². The largest absolute Gasteiger partial charge is 0.495 e. The van der Waals surface area contributed by atoms with Crippen molar-refractivity contribution in [2.45, 2.75) is 0 Å². The number of H-pyrrole nitrogens is 2. The molecule has 0 aliphatic rings. The molecule has 5 heterocycles. The molecule has 31 heavy (non-hydrogen) atoms. The minimum Gasteiger partial charge on any atom is -0.495 e. The number of hydrogen-bond acceptors (Lipinski definition) is 5. The van der Waals surface area contributed by atoms with E-state index < -0.39 is 0 Å². The molecule has 6 nitrogen and oxygen atoms in total. The van der Waals surface area contributed by atoms with E-state index in [4.69, 9.17) is 4.74 Å². The van der Waals surface area contributed by atoms with E-state index in [0.717, 1.165) is 33.4 Å². The SMILES string of the molecule is COc1cncc(-c2cnc3n[nH]c(-c4cc5c(-c6ccsc6)cccc5[nH]4)c3c2)c1. The predicted molar refractivity (Wildman–Crippen MR) is 124 cm³/mol. The van der Waals surface area contributed by atoms with Gasteiger partial charge in [0.15, 0.2) is 5.65 Å². The summed E-state index contributed by atoms with van der Waals surface area (Å²) >= 11 is 1.70. The zero-order valence-electron chi connectivity index (χ0n) is 16.6. The van der Waals surface area contributed by atoms with Crippen LogP contribution in [-0.2, 0) is 0 Å². The lowest BCUT2D eigenvalue weighted by atomic mass is 10.0. The number of nitrogens with one attached hydrogen (secondary N) is 2. The second kappa shape index (κ2) is 7.07. The number of fused-ring (bicyclic) bond motifs is 2. The lowest BCUT2D eigenvalue weighted by Gasteiger charge is -2.04. The van der Waals surface area contributed by atoms with Crippen LogP contribution in [0.25, 0.3) is 55.6 Å². The van der Waals surface area contributed by atoms with Crippen LogP contribution in [0.15, 0.2) is 71.8 Å². The average molecular weight is 424 g/mol. The Morgan fingerprint density at radius 1 is 0.935 bits per heavy atom. The molecular weight excluding hydrogens is 406 g/mol. The first-order chi connectivity index (χ1) is 15.3. The molecule has 0 atom stereocenters. The molecular formula is C24H17N5OS. The molecule has 0 fully saturated rings. The first-order valence-corrected chi connectivity index (χ1v) is 10.7. The summed E-state index contributed by atoms with van der Waals surface area (Å²) in [6.07, 6.45) is 5.30. The van der Waals surface area contributed by atoms with Crippen LogP contribution in [0.4, 0.5) is 0 Å². The van der Waals surface area contributed by atoms with E-state index in [9.17, 15) is 0 Å². The topological polar surface area (TPSA) is 79.5 Å². The molecule has 0 saturated carbocycles. The van der Waals surface area contributed by atoms with Gasteiger partial charge in [0.2, 0.25) is 0 Å². The zero-order chi connectivity index (χ0) is 20.8. The molecule has 1 aromatic carbocycles. The van der Waals surface area contributed by atoms with Gasteiger partial charge < -0.3 is 9.72 Å². The van der Waals surface area contributed by atoms with E-state index in [0.29, 0.717) is 11.4 Å². The summed E-state index contributed by atoms with van der Waals surface area (Å²) in [5.74, 6) is 0.710. The van der Waals surface area contributed by atoms with Gasteiger partial charge in [0, 0.05) is 39.8 Å². The summed E-state index contributed by atoms with van der Waals surface area (Å²) in [5.41, 5.74) is 7.98. The highest BCUT2D eigenvalue weighted by molar-refractivity contribution is 7.08. The van der Waals surface area contributed by atoms with Crippen molar-refractivity contribution >= 4 is 33.3 Å². The quantitative estimate of drug-likeness (QED) is 0.370. The Kier molecular flexibility index (Phi) is 4.07. The summed E-state index contributed by atoms with van der Waals surface area (Å²) in [4.78, 5) is 12.4. The van der Waals surface area contributed by atoms with Crippen LogP contribution < -0.4 is 4.74 Å². The molecule has 7 heteroatoms. The molecule has 2 N–H and O–H groups in total. The number of benzene rings is 1. The van der Waals surface area contributed by atoms with Crippen molar-refractivity contribution in [2.75, 3.05) is 7.11 Å². The highest BCUT2D eigenvalue weighted by Gasteiger charge is 2.15. The van der Waals surface area contributed by atoms with Crippen molar-refractivity contribution in [3.63, 3.8) is 0 Å². The van der Waals surface area contributed by atoms with Gasteiger partial charge in [-0.3, -0.25) is 10.1 Å². The number of hydrogen-bond donors (Lipinski definition) is 2. The average Bonchev–Trinajstić information content (AvgIpc) is 3.57. The van der Waals surface area contributed by atoms with Gasteiger partial charge in [-0.2, -0.15) is 16.4 Å². The number of nitrogens with zero attached hydrogens (tertiary/aromatic N) is 3. The zero-order valence-corrected chi connectivity index (χ0v) is 17.4. The summed E-state index contributed by atoms with van der Waals surface area (Å²) in [6, 6.07) is 14.7. The van der Waals surface area contributed by atoms with Crippen molar-refractivity contribution in [3.05, 3.63) is 71.8 Å². The van der Waals surface area contributed by atoms with Gasteiger partial charge in [0.1, 0.15) is 5.75 Å². The van der Waals surface area contributed by atoms with E-state index in [1.54, 1.807) is 30.8 Å². The summed E-state index contributed by atoms with van der Waals surface area (Å²) in [6.45, 7) is 0. The Morgan fingerprint density at radius 2 is 1.87 bits per heavy atom. The fourth-order valence-corrected chi connectivity index (χ4v) is 4.57. The Labute approximate surface area is 181 Å². The minimum atomic E-state index is 0.673. The van der Waals surface area contributed by atoms with E-state index in [2.05, 4.69) is 72.3 Å². The number of ether oxygens (including phenoxy) is 1. The third-order valence-corrected chi connectivity index (χ3v) is 6.14. The van der Waals surface area contributed by atoms with E-state index in [-0.39, 0.29) is 0 Å². The van der Waals surface area contributed by atoms with E-state index in [1.807, 2.05) is 12.3 Å². The first-order valence-electron chi connectivity index (χ1n) is 9.78. The maximum Gasteiger partial charge on any atom is 0.181 e. The monoisotopic (exact) mass is 423 g/mol. The maximum atomic E-state index is 5.31. The summed E-state index contributed by atoms with van der Waals surface area (Å²) < 4.78 is 5.31. The number of rotatable bonds is 4. The molecule has 6 rings (SSSR count). The lowest BCUT2D eigenvalue weighted by molar-refractivity contribution is 0.413. The molecule has 0 spiro atoms. The van der Waals surface area contributed by atoms with Gasteiger partial charge in [-0.05, 0) is 52.2 Å². The van der Waals surface area contributed by atoms with Gasteiger partial charge in [-0.1, -0.05) is 12.1 Å². The third-order valence-electron chi connectivity index (χ3n) is 5.46. The lowest BCUT2D eigenvalue weighted by Crippen LogP contribution is -1.87. The Hall–Kier alpha value is -3.97. The summed E-state index contributed by atoms with van der Waals surface area (Å²) in [5, 5.41) is 14.0. The molecule has 5 aromatic heterocycles. The number of pyridine rings is 2. The van der Waals surface area contributed by atoms with Crippen molar-refractivity contribution in [1.29, 1.82) is 0 Å². The van der Waals surface area contributed by atoms with Crippen LogP contribution >= 0.6 is 11.3 Å². The maximum absolute atomic E-state index is 5.31. The molecule has 6 aromatic rings. The fraction of sp³-hybridized carbons (Fsp3) is 0.0417. The van der Waals surface area contributed by atoms with Crippen LogP contribution in [-0.4, -0.2) is 32.3 Å². The molecule has 0 aliphatic heterocycles. The van der Waals surface area contributed by atoms with Crippen molar-refractivity contribution in [2.24, 2.45) is 0 Å². The van der Waals surface area contributed by atoms with Gasteiger partial charge >= 0.3 is 0 Å². The molecule has 0 bridgehead atoms. The second-order valence-corrected chi connectivity index (χ2v) is 8.05. The van der Waals surface area contributed by atoms with Crippen LogP contribution in [0.2, 0.25) is 0 Å². The standard InChI is InChI=1S/C24H17N5OS/c1-30-17-7-15(10-25-12-17)16-8-20-23(28-29-24(20)26-11-16)22-9-19-18(14-5-6-31-13-14)3-2-4-21(19)27-22/h2-13,27H,1H3,(H,26,28,29). The summed E-state index contributed by atoms with van der Waals surface area (Å²) in [7, 11) is 1.64. The fourth-order valence-electron chi connectivity index (χ4n) is 3.91. The third kappa shape index (κ3) is 2.98. The Balaban J connectivity index is 1.50. The van der Waals surface area contributed by atoms with Gasteiger partial charge in [0.05, 0.1) is 24.7 Å². The molecule has 0 saturated heterocycles. The van der Waals surface area contributed by atoms with Crippen LogP contribution in [0.5, 0.6) is 5.75 Å². The molecule has 0 radical (unpaired) electrons. The Morgan fingerprint density at radius 3 is 2.74 bits per heavy atom. The van der Waals surface area contributed by atoms with Crippen LogP contribution in [0.3, 0.4) is 0 Å². The van der Waals surface area contributed by atoms with Gasteiger partial charge in [-0.15, -0.1) is 0 Å². The number of methoxy groups -OCH3 is 1. The normalized spacial score (nSPS) is 11.4. The predicted octanol–water partition coefficient (Wildman–Crippen LogP) is 5.91. The van der Waals surface area contributed by atoms with Crippen molar-refractivity contribution < 1.29 is 4.74 Å². The number of aromatic amines is 2. The smallest absolute Gasteiger partial charge is 0.181 e. The van der Waals surface area contributed by atoms with E-state index in [1.165, 1.54) is 16.5 Å². The van der Waals surface area contributed by atoms with Gasteiger partial charge in [-0.25, -0.2) is 4.98 Å². The number of aromatic nitrogens is 5. The highest BCUT2D eigenvalue weighted by atomic mass is 32.1. The Bertz CT molecular complexity index is 1530. The van der Waals surface area contributed by atoms with Crippen LogP contribution in [0.1, 0.15) is 0 Å². The highest BCUT2D eigenvalue weighted by Crippen LogP contribution is 2.35. The molecule has 150 valence electrons. The van der Waals surface area contributed by atoms with Crippen LogP contribution in [0, 0.1) is 0 Å². The van der Waals surface area contributed by atoms with Crippen molar-refractivity contribution in [1.82, 2.24) is 25.1 Å². The first kappa shape index (κ1) is 17.9. The second-order valence-electron chi connectivity index (χ2n) is 7.27. The van der Waals surface area contributed by atoms with E-state index >= 15 is 0 Å². The molecule has 0 aliphatic carbocycles. The molecule has 0 amide bonds. The number of thiophene rings is 1.